The van der Waals surface area contributed by atoms with Gasteiger partial charge < -0.3 is 5.11 Å². The summed E-state index contributed by atoms with van der Waals surface area (Å²) in [6.45, 7) is 5.83. The van der Waals surface area contributed by atoms with Gasteiger partial charge in [0.1, 0.15) is 5.15 Å². The Morgan fingerprint density at radius 3 is 2.50 bits per heavy atom. The Balaban J connectivity index is 1.70. The van der Waals surface area contributed by atoms with E-state index >= 15 is 0 Å². The predicted octanol–water partition coefficient (Wildman–Crippen LogP) is 5.55. The van der Waals surface area contributed by atoms with Crippen LogP contribution in [0.25, 0.3) is 11.8 Å². The average molecular weight is 484 g/mol. The molecule has 1 fully saturated rings. The van der Waals surface area contributed by atoms with Gasteiger partial charge in [0.05, 0.1) is 27.5 Å². The summed E-state index contributed by atoms with van der Waals surface area (Å²) in [6.07, 6.45) is 1.71. The number of halogens is 1. The van der Waals surface area contributed by atoms with Crippen molar-refractivity contribution in [1.29, 1.82) is 0 Å². The van der Waals surface area contributed by atoms with Crippen LogP contribution in [0, 0.1) is 20.8 Å². The quantitative estimate of drug-likeness (QED) is 0.387. The number of aromatic nitrogens is 2. The van der Waals surface area contributed by atoms with Crippen molar-refractivity contribution in [2.45, 2.75) is 20.8 Å². The molecule has 1 saturated heterocycles. The van der Waals surface area contributed by atoms with E-state index in [9.17, 15) is 9.59 Å². The molecule has 32 heavy (non-hydrogen) atoms. The van der Waals surface area contributed by atoms with Crippen LogP contribution in [-0.2, 0) is 4.79 Å². The molecule has 162 valence electrons. The fraction of sp³-hybridized carbons (Fsp3) is 0.130. The van der Waals surface area contributed by atoms with E-state index in [1.165, 1.54) is 28.8 Å². The van der Waals surface area contributed by atoms with Crippen LogP contribution in [-0.4, -0.2) is 31.1 Å². The minimum Gasteiger partial charge on any atom is -0.478 e. The Kier molecular flexibility index (Phi) is 5.94. The number of carbonyl (C=O) groups excluding carboxylic acids is 1. The standard InChI is InChI=1S/C23H18ClN3O3S2/c1-12-4-5-13(2)18(10-12)27-20(24)17(14(3)25-27)11-19-21(28)26(23(31)32-19)16-8-6-15(7-9-16)22(29)30/h4-11H,1-3H3,(H,29,30). The highest BCUT2D eigenvalue weighted by Gasteiger charge is 2.34. The summed E-state index contributed by atoms with van der Waals surface area (Å²) in [7, 11) is 0. The number of benzene rings is 2. The lowest BCUT2D eigenvalue weighted by Gasteiger charge is -2.14. The maximum atomic E-state index is 13.1. The molecule has 0 unspecified atom stereocenters. The van der Waals surface area contributed by atoms with Crippen molar-refractivity contribution < 1.29 is 14.7 Å². The van der Waals surface area contributed by atoms with Gasteiger partial charge in [0.2, 0.25) is 0 Å². The van der Waals surface area contributed by atoms with Crippen LogP contribution >= 0.6 is 35.6 Å². The second kappa shape index (κ2) is 8.54. The largest absolute Gasteiger partial charge is 0.478 e. The Morgan fingerprint density at radius 2 is 1.84 bits per heavy atom. The number of thiocarbonyl (C=S) groups is 1. The van der Waals surface area contributed by atoms with Crippen molar-refractivity contribution >= 4 is 63.5 Å². The zero-order chi connectivity index (χ0) is 23.2. The number of nitrogens with zero attached hydrogens (tertiary/aromatic N) is 3. The fourth-order valence-electron chi connectivity index (χ4n) is 3.36. The molecule has 0 aliphatic carbocycles. The lowest BCUT2D eigenvalue weighted by Crippen LogP contribution is -2.27. The van der Waals surface area contributed by atoms with Crippen LogP contribution in [0.1, 0.15) is 32.7 Å². The number of aromatic carboxylic acids is 1. The highest BCUT2D eigenvalue weighted by Crippen LogP contribution is 2.38. The van der Waals surface area contributed by atoms with E-state index in [1.807, 2.05) is 39.0 Å². The molecule has 3 aromatic rings. The summed E-state index contributed by atoms with van der Waals surface area (Å²) < 4.78 is 2.04. The van der Waals surface area contributed by atoms with Gasteiger partial charge in [-0.25, -0.2) is 9.48 Å². The third kappa shape index (κ3) is 3.97. The van der Waals surface area contributed by atoms with Crippen LogP contribution in [0.4, 0.5) is 5.69 Å². The average Bonchev–Trinajstić information content (AvgIpc) is 3.19. The minimum atomic E-state index is -1.03. The van der Waals surface area contributed by atoms with Crippen molar-refractivity contribution in [3.63, 3.8) is 0 Å². The topological polar surface area (TPSA) is 75.4 Å². The molecule has 2 aromatic carbocycles. The molecule has 1 N–H and O–H groups in total. The summed E-state index contributed by atoms with van der Waals surface area (Å²) in [4.78, 5) is 26.0. The smallest absolute Gasteiger partial charge is 0.335 e. The Morgan fingerprint density at radius 1 is 1.16 bits per heavy atom. The van der Waals surface area contributed by atoms with Gasteiger partial charge in [-0.2, -0.15) is 5.10 Å². The van der Waals surface area contributed by atoms with Crippen LogP contribution < -0.4 is 4.90 Å². The van der Waals surface area contributed by atoms with Crippen LogP contribution in [0.3, 0.4) is 0 Å². The van der Waals surface area contributed by atoms with Crippen LogP contribution in [0.15, 0.2) is 47.4 Å². The molecule has 0 atom stereocenters. The second-order valence-corrected chi connectivity index (χ2v) is 9.39. The number of carbonyl (C=O) groups is 2. The van der Waals surface area contributed by atoms with Crippen molar-refractivity contribution in [2.24, 2.45) is 0 Å². The van der Waals surface area contributed by atoms with Crippen molar-refractivity contribution in [2.75, 3.05) is 4.90 Å². The third-order valence-corrected chi connectivity index (χ3v) is 6.75. The van der Waals surface area contributed by atoms with E-state index in [2.05, 4.69) is 5.10 Å². The maximum Gasteiger partial charge on any atom is 0.335 e. The molecule has 1 aromatic heterocycles. The lowest BCUT2D eigenvalue weighted by molar-refractivity contribution is -0.113. The number of aryl methyl sites for hydroxylation is 3. The highest BCUT2D eigenvalue weighted by atomic mass is 35.5. The summed E-state index contributed by atoms with van der Waals surface area (Å²) in [6, 6.07) is 12.1. The summed E-state index contributed by atoms with van der Waals surface area (Å²) >= 11 is 13.3. The van der Waals surface area contributed by atoms with E-state index < -0.39 is 5.97 Å². The molecule has 9 heteroatoms. The van der Waals surface area contributed by atoms with Crippen molar-refractivity contribution in [3.8, 4) is 5.69 Å². The first-order valence-electron chi connectivity index (χ1n) is 9.61. The minimum absolute atomic E-state index is 0.135. The molecule has 0 radical (unpaired) electrons. The van der Waals surface area contributed by atoms with Crippen molar-refractivity contribution in [1.82, 2.24) is 9.78 Å². The number of amides is 1. The number of hydrogen-bond donors (Lipinski definition) is 1. The fourth-order valence-corrected chi connectivity index (χ4v) is 4.96. The highest BCUT2D eigenvalue weighted by molar-refractivity contribution is 8.27. The SMILES string of the molecule is Cc1ccc(C)c(-n2nc(C)c(C=C3SC(=S)N(c4ccc(C(=O)O)cc4)C3=O)c2Cl)c1. The van der Waals surface area contributed by atoms with E-state index in [-0.39, 0.29) is 11.5 Å². The van der Waals surface area contributed by atoms with Gasteiger partial charge in [0.15, 0.2) is 4.32 Å². The van der Waals surface area contributed by atoms with Crippen LogP contribution in [0.5, 0.6) is 0 Å². The summed E-state index contributed by atoms with van der Waals surface area (Å²) in [5.74, 6) is -1.33. The zero-order valence-corrected chi connectivity index (χ0v) is 19.8. The number of carboxylic acid groups (broad SMARTS) is 1. The van der Waals surface area contributed by atoms with Gasteiger partial charge in [-0.15, -0.1) is 0 Å². The lowest BCUT2D eigenvalue weighted by atomic mass is 10.1. The third-order valence-electron chi connectivity index (χ3n) is 5.08. The molecule has 4 rings (SSSR count). The number of anilines is 1. The van der Waals surface area contributed by atoms with Gasteiger partial charge in [0, 0.05) is 5.56 Å². The summed E-state index contributed by atoms with van der Waals surface area (Å²) in [5.41, 5.74) is 4.98. The summed E-state index contributed by atoms with van der Waals surface area (Å²) in [5, 5.41) is 14.1. The molecule has 1 aliphatic heterocycles. The van der Waals surface area contributed by atoms with E-state index in [1.54, 1.807) is 22.9 Å². The first-order chi connectivity index (χ1) is 15.2. The van der Waals surface area contributed by atoms with E-state index in [0.29, 0.717) is 31.3 Å². The molecule has 0 spiro atoms. The molecule has 2 heterocycles. The maximum absolute atomic E-state index is 13.1. The molecular weight excluding hydrogens is 466 g/mol. The first kappa shape index (κ1) is 22.3. The van der Waals surface area contributed by atoms with Crippen LogP contribution in [0.2, 0.25) is 5.15 Å². The Hall–Kier alpha value is -2.94. The number of carboxylic acids is 1. The Bertz CT molecular complexity index is 1310. The number of rotatable bonds is 4. The molecular formula is C23H18ClN3O3S2. The van der Waals surface area contributed by atoms with Gasteiger partial charge in [-0.05, 0) is 68.3 Å². The van der Waals surface area contributed by atoms with Crippen molar-refractivity contribution in [3.05, 3.63) is 80.5 Å². The predicted molar refractivity (Wildman–Crippen MR) is 132 cm³/mol. The monoisotopic (exact) mass is 483 g/mol. The Labute approximate surface area is 199 Å². The molecule has 1 amide bonds. The van der Waals surface area contributed by atoms with Gasteiger partial charge in [0.25, 0.3) is 5.91 Å². The van der Waals surface area contributed by atoms with E-state index in [0.717, 1.165) is 16.8 Å². The zero-order valence-electron chi connectivity index (χ0n) is 17.4. The van der Waals surface area contributed by atoms with E-state index in [4.69, 9.17) is 28.9 Å². The molecule has 1 aliphatic rings. The number of thioether (sulfide) groups is 1. The number of hydrogen-bond acceptors (Lipinski definition) is 5. The molecule has 6 nitrogen and oxygen atoms in total. The second-order valence-electron chi connectivity index (χ2n) is 7.36. The van der Waals surface area contributed by atoms with Gasteiger partial charge >= 0.3 is 5.97 Å². The first-order valence-corrected chi connectivity index (χ1v) is 11.2. The normalized spacial score (nSPS) is 15.1. The molecule has 0 saturated carbocycles. The van der Waals surface area contributed by atoms with Gasteiger partial charge in [-0.1, -0.05) is 47.7 Å². The van der Waals surface area contributed by atoms with Gasteiger partial charge in [-0.3, -0.25) is 9.69 Å². The molecule has 0 bridgehead atoms.